The van der Waals surface area contributed by atoms with Crippen LogP contribution >= 0.6 is 0 Å². The van der Waals surface area contributed by atoms with E-state index in [2.05, 4.69) is 48.1 Å². The van der Waals surface area contributed by atoms with Crippen molar-refractivity contribution in [3.63, 3.8) is 0 Å². The molecule has 3 aliphatic rings. The van der Waals surface area contributed by atoms with Gasteiger partial charge in [0.15, 0.2) is 0 Å². The first-order chi connectivity index (χ1) is 33.2. The first-order valence-corrected chi connectivity index (χ1v) is 22.2. The van der Waals surface area contributed by atoms with E-state index < -0.39 is 35.2 Å². The third-order valence-corrected chi connectivity index (χ3v) is 11.1. The summed E-state index contributed by atoms with van der Waals surface area (Å²) in [5.41, 5.74) is 1.03. The number of rotatable bonds is 3. The summed E-state index contributed by atoms with van der Waals surface area (Å²) in [7, 11) is 5.49. The number of alkyl halides is 9. The van der Waals surface area contributed by atoms with Crippen LogP contribution in [-0.4, -0.2) is 51.0 Å². The van der Waals surface area contributed by atoms with Gasteiger partial charge < -0.3 is 29.4 Å². The van der Waals surface area contributed by atoms with Gasteiger partial charge in [-0.05, 0) is 21.1 Å². The van der Waals surface area contributed by atoms with Gasteiger partial charge in [0.05, 0.1) is 35.7 Å². The summed E-state index contributed by atoms with van der Waals surface area (Å²) in [4.78, 5) is 37.6. The molecule has 0 aliphatic carbocycles. The van der Waals surface area contributed by atoms with Crippen molar-refractivity contribution in [2.24, 2.45) is 0 Å². The zero-order valence-corrected chi connectivity index (χ0v) is 44.2. The minimum atomic E-state index is -4.38. The number of benzene rings is 3. The van der Waals surface area contributed by atoms with Gasteiger partial charge in [0.2, 0.25) is 0 Å². The van der Waals surface area contributed by atoms with Gasteiger partial charge in [-0.25, -0.2) is 29.9 Å². The fraction of sp³-hybridized carbons (Fsp3) is 0.353. The molecule has 22 heteroatoms. The minimum absolute atomic E-state index is 0. The van der Waals surface area contributed by atoms with Gasteiger partial charge in [0.25, 0.3) is 0 Å². The number of hydrogen-bond acceptors (Lipinski definition) is 12. The van der Waals surface area contributed by atoms with Crippen molar-refractivity contribution >= 4 is 51.7 Å². The molecule has 0 bridgehead atoms. The first kappa shape index (κ1) is 56.0. The molecule has 0 amide bonds. The van der Waals surface area contributed by atoms with E-state index in [1.807, 2.05) is 93.3 Å². The monoisotopic (exact) mass is 1200 g/mol. The van der Waals surface area contributed by atoms with E-state index >= 15 is 0 Å². The van der Waals surface area contributed by atoms with Crippen LogP contribution in [0.3, 0.4) is 0 Å². The van der Waals surface area contributed by atoms with Crippen LogP contribution in [0.4, 0.5) is 91.2 Å². The first-order valence-electron chi connectivity index (χ1n) is 22.2. The van der Waals surface area contributed by atoms with Gasteiger partial charge in [-0.3, -0.25) is 0 Å². The van der Waals surface area contributed by atoms with Crippen molar-refractivity contribution in [1.82, 2.24) is 29.9 Å². The fourth-order valence-corrected chi connectivity index (χ4v) is 7.07. The molecular weight excluding hydrogens is 1140 g/mol. The summed E-state index contributed by atoms with van der Waals surface area (Å²) in [5.74, 6) is 3.84. The molecular formula is C51H51F9IrN12-6. The molecule has 0 fully saturated rings. The Kier molecular flexibility index (Phi) is 15.5. The smallest absolute Gasteiger partial charge is 0.370 e. The predicted octanol–water partition coefficient (Wildman–Crippen LogP) is 12.9. The molecule has 73 heavy (non-hydrogen) atoms. The Bertz CT molecular complexity index is 2560. The molecule has 0 unspecified atom stereocenters. The van der Waals surface area contributed by atoms with E-state index in [1.54, 1.807) is 58.2 Å². The van der Waals surface area contributed by atoms with Crippen molar-refractivity contribution < 1.29 is 59.6 Å². The second-order valence-electron chi connectivity index (χ2n) is 20.1. The maximum Gasteiger partial charge on any atom is 0.370 e. The van der Waals surface area contributed by atoms with Crippen LogP contribution in [0.1, 0.15) is 96.3 Å². The SMILES string of the molecule is CN1[CH-]N(c2[c-]cc(C(F)(F)F)cc2)c2nc(C(C)(C)C)cnc21.CN1[CH-]N(c2[c-]cc(C(F)(F)F)cc2)c2nc(C(C)(C)C)ncc21.CN1[CH-]N(c2[c-]cc(C(F)(F)F)cc2)c2nc(C(C)(C)C)ncc21.[Ir]. The fourth-order valence-electron chi connectivity index (χ4n) is 7.07. The second kappa shape index (κ2) is 20.2. The van der Waals surface area contributed by atoms with Crippen LogP contribution in [0.15, 0.2) is 73.2 Å². The van der Waals surface area contributed by atoms with Gasteiger partial charge in [-0.1, -0.05) is 79.0 Å². The number of nitrogens with zero attached hydrogens (tertiary/aromatic N) is 12. The maximum absolute atomic E-state index is 12.7. The van der Waals surface area contributed by atoms with Crippen molar-refractivity contribution in [2.45, 2.75) is 97.1 Å². The van der Waals surface area contributed by atoms with Crippen molar-refractivity contribution in [3.05, 3.63) is 145 Å². The van der Waals surface area contributed by atoms with Gasteiger partial charge in [0, 0.05) is 36.4 Å². The van der Waals surface area contributed by atoms with Crippen molar-refractivity contribution in [1.29, 1.82) is 0 Å². The van der Waals surface area contributed by atoms with E-state index in [-0.39, 0.29) is 36.4 Å². The number of fused-ring (bicyclic) bond motifs is 3. The second-order valence-corrected chi connectivity index (χ2v) is 20.1. The molecule has 3 aromatic carbocycles. The third kappa shape index (κ3) is 12.4. The molecule has 1 radical (unpaired) electrons. The summed E-state index contributed by atoms with van der Waals surface area (Å²) < 4.78 is 114. The normalized spacial score (nSPS) is 14.8. The number of anilines is 9. The maximum atomic E-state index is 12.7. The molecule has 6 aromatic rings. The van der Waals surface area contributed by atoms with Crippen LogP contribution in [0.2, 0.25) is 0 Å². The van der Waals surface area contributed by atoms with Gasteiger partial charge in [0.1, 0.15) is 34.9 Å². The minimum Gasteiger partial charge on any atom is -0.501 e. The zero-order chi connectivity index (χ0) is 53.1. The van der Waals surface area contributed by atoms with Crippen molar-refractivity contribution in [3.8, 4) is 0 Å². The number of hydrogen-bond donors (Lipinski definition) is 0. The molecule has 9 rings (SSSR count). The van der Waals surface area contributed by atoms with Crippen LogP contribution in [0, 0.1) is 38.2 Å². The average Bonchev–Trinajstić information content (AvgIpc) is 3.94. The summed E-state index contributed by atoms with van der Waals surface area (Å²) in [6, 6.07) is 18.2. The molecule has 0 saturated carbocycles. The van der Waals surface area contributed by atoms with Gasteiger partial charge >= 0.3 is 18.5 Å². The molecule has 0 saturated heterocycles. The Balaban J connectivity index is 0.000000177. The molecule has 0 N–H and O–H groups in total. The van der Waals surface area contributed by atoms with E-state index in [0.29, 0.717) is 52.0 Å². The molecule has 6 heterocycles. The Morgan fingerprint density at radius 2 is 0.753 bits per heavy atom. The Morgan fingerprint density at radius 3 is 1.05 bits per heavy atom. The molecule has 3 aliphatic heterocycles. The number of aromatic nitrogens is 6. The standard InChI is InChI=1S/3C17H17F3N4.Ir/c1-16(2,3)13-9-21-14-15(22-13)24(10-23(14)4)12-7-5-11(6-8-12)17(18,19)20;2*1-16(2,3)15-21-9-13-14(22-15)24(10-23(13)4)12-7-5-11(6-8-12)17(18,19)20;/h3*5-7,9-10H,1-4H3;/q3*-2;. The average molecular weight is 1200 g/mol. The van der Waals surface area contributed by atoms with Crippen LogP contribution < -0.4 is 29.4 Å². The Morgan fingerprint density at radius 1 is 0.411 bits per heavy atom. The molecule has 0 spiro atoms. The Labute approximate surface area is 432 Å². The topological polar surface area (TPSA) is 96.8 Å². The molecule has 12 nitrogen and oxygen atoms in total. The van der Waals surface area contributed by atoms with Crippen molar-refractivity contribution in [2.75, 3.05) is 50.5 Å². The van der Waals surface area contributed by atoms with E-state index in [4.69, 9.17) is 0 Å². The molecule has 3 aromatic heterocycles. The van der Waals surface area contributed by atoms with Crippen LogP contribution in [0.5, 0.6) is 0 Å². The third-order valence-electron chi connectivity index (χ3n) is 11.1. The molecule has 0 atom stereocenters. The summed E-state index contributed by atoms with van der Waals surface area (Å²) in [6.07, 6.45) is -7.95. The summed E-state index contributed by atoms with van der Waals surface area (Å²) >= 11 is 0. The number of halogens is 9. The van der Waals surface area contributed by atoms with Crippen LogP contribution in [-0.2, 0) is 54.9 Å². The quantitative estimate of drug-likeness (QED) is 0.125. The largest absolute Gasteiger partial charge is 0.501 e. The predicted molar refractivity (Wildman–Crippen MR) is 258 cm³/mol. The van der Waals surface area contributed by atoms with E-state index in [1.165, 1.54) is 18.2 Å². The van der Waals surface area contributed by atoms with E-state index in [9.17, 15) is 39.5 Å². The summed E-state index contributed by atoms with van der Waals surface area (Å²) in [5, 5.41) is 0. The van der Waals surface area contributed by atoms with Crippen LogP contribution in [0.25, 0.3) is 0 Å². The van der Waals surface area contributed by atoms with Gasteiger partial charge in [-0.15, -0.1) is 41.9 Å². The van der Waals surface area contributed by atoms with E-state index in [0.717, 1.165) is 53.5 Å². The zero-order valence-electron chi connectivity index (χ0n) is 41.8. The Hall–Kier alpha value is -6.28. The summed E-state index contributed by atoms with van der Waals surface area (Å²) in [6.45, 7) is 23.4. The molecule has 393 valence electrons. The van der Waals surface area contributed by atoms with Gasteiger partial charge in [-0.2, -0.15) is 107 Å².